The summed E-state index contributed by atoms with van der Waals surface area (Å²) in [6.45, 7) is 5.51. The van der Waals surface area contributed by atoms with Gasteiger partial charge in [0.2, 0.25) is 0 Å². The molecule has 0 heterocycles. The lowest BCUT2D eigenvalue weighted by Gasteiger charge is -2.28. The highest BCUT2D eigenvalue weighted by Crippen LogP contribution is 2.28. The Kier molecular flexibility index (Phi) is 5.46. The van der Waals surface area contributed by atoms with Crippen molar-refractivity contribution < 1.29 is 19.0 Å². The monoisotopic (exact) mass is 324 g/mol. The molecular weight excluding hydrogens is 299 g/mol. The summed E-state index contributed by atoms with van der Waals surface area (Å²) in [6.07, 6.45) is 3.13. The van der Waals surface area contributed by atoms with Gasteiger partial charge in [-0.25, -0.2) is 9.18 Å². The second kappa shape index (κ2) is 7.17. The highest BCUT2D eigenvalue weighted by atomic mass is 19.1. The molecular formula is C17H25FN2O3. The molecule has 1 atom stereocenters. The average Bonchev–Trinajstić information content (AvgIpc) is 2.42. The predicted molar refractivity (Wildman–Crippen MR) is 87.2 cm³/mol. The van der Waals surface area contributed by atoms with E-state index in [2.05, 4.69) is 10.6 Å². The molecule has 3 N–H and O–H groups in total. The summed E-state index contributed by atoms with van der Waals surface area (Å²) in [6, 6.07) is 3.86. The van der Waals surface area contributed by atoms with Crippen LogP contribution in [0.3, 0.4) is 0 Å². The predicted octanol–water partition coefficient (Wildman–Crippen LogP) is 3.29. The van der Waals surface area contributed by atoms with Gasteiger partial charge in [0.25, 0.3) is 0 Å². The van der Waals surface area contributed by atoms with E-state index in [0.29, 0.717) is 5.69 Å². The molecule has 2 amide bonds. The van der Waals surface area contributed by atoms with Gasteiger partial charge < -0.3 is 20.5 Å². The van der Waals surface area contributed by atoms with E-state index in [9.17, 15) is 14.3 Å². The van der Waals surface area contributed by atoms with Crippen LogP contribution in [0.4, 0.5) is 14.9 Å². The maximum absolute atomic E-state index is 14.0. The van der Waals surface area contributed by atoms with Crippen molar-refractivity contribution in [3.8, 4) is 5.75 Å². The minimum atomic E-state index is -0.997. The van der Waals surface area contributed by atoms with Crippen molar-refractivity contribution in [3.63, 3.8) is 0 Å². The number of rotatable bonds is 6. The van der Waals surface area contributed by atoms with E-state index in [0.717, 1.165) is 19.3 Å². The molecule has 1 aliphatic rings. The summed E-state index contributed by atoms with van der Waals surface area (Å²) in [4.78, 5) is 11.8. The highest BCUT2D eigenvalue weighted by molar-refractivity contribution is 5.89. The van der Waals surface area contributed by atoms with Gasteiger partial charge in [0, 0.05) is 18.3 Å². The van der Waals surface area contributed by atoms with Gasteiger partial charge in [-0.15, -0.1) is 0 Å². The molecule has 0 radical (unpaired) electrons. The molecule has 1 aromatic rings. The van der Waals surface area contributed by atoms with Crippen LogP contribution in [-0.4, -0.2) is 29.4 Å². The number of nitrogens with one attached hydrogen (secondary N) is 2. The zero-order valence-electron chi connectivity index (χ0n) is 13.9. The van der Waals surface area contributed by atoms with Gasteiger partial charge in [0.1, 0.15) is 0 Å². The molecule has 1 unspecified atom stereocenters. The van der Waals surface area contributed by atoms with Gasteiger partial charge in [-0.3, -0.25) is 0 Å². The fraction of sp³-hybridized carbons (Fsp3) is 0.588. The molecule has 1 fully saturated rings. The number of hydrogen-bond donors (Lipinski definition) is 3. The smallest absolute Gasteiger partial charge is 0.319 e. The lowest BCUT2D eigenvalue weighted by molar-refractivity contribution is 0.0170. The zero-order chi connectivity index (χ0) is 17.0. The zero-order valence-corrected chi connectivity index (χ0v) is 13.9. The second-order valence-corrected chi connectivity index (χ2v) is 6.64. The van der Waals surface area contributed by atoms with Crippen LogP contribution in [0.25, 0.3) is 0 Å². The first-order valence-corrected chi connectivity index (χ1v) is 8.01. The molecule has 1 saturated carbocycles. The number of hydrogen-bond acceptors (Lipinski definition) is 3. The normalized spacial score (nSPS) is 17.3. The first-order valence-electron chi connectivity index (χ1n) is 8.01. The Hall–Kier alpha value is -1.82. The summed E-state index contributed by atoms with van der Waals surface area (Å²) < 4.78 is 19.5. The molecule has 23 heavy (non-hydrogen) atoms. The molecule has 0 saturated heterocycles. The number of amides is 2. The standard InChI is InChI=1S/C17H25FN2O3/c1-11(2)17(3,22)10-19-16(21)20-12-7-8-15(14(18)9-12)23-13-5-4-6-13/h7-9,11,13,22H,4-6,10H2,1-3H3,(H2,19,20,21). The number of anilines is 1. The Morgan fingerprint density at radius 2 is 2.17 bits per heavy atom. The Balaban J connectivity index is 1.87. The molecule has 0 spiro atoms. The number of carbonyl (C=O) groups excluding carboxylic acids is 1. The molecule has 0 aromatic heterocycles. The largest absolute Gasteiger partial charge is 0.487 e. The van der Waals surface area contributed by atoms with Crippen molar-refractivity contribution in [1.82, 2.24) is 5.32 Å². The second-order valence-electron chi connectivity index (χ2n) is 6.64. The molecule has 0 bridgehead atoms. The van der Waals surface area contributed by atoms with Gasteiger partial charge >= 0.3 is 6.03 Å². The average molecular weight is 324 g/mol. The fourth-order valence-corrected chi connectivity index (χ4v) is 1.98. The highest BCUT2D eigenvalue weighted by Gasteiger charge is 2.25. The lowest BCUT2D eigenvalue weighted by Crippen LogP contribution is -2.45. The van der Waals surface area contributed by atoms with Crippen LogP contribution < -0.4 is 15.4 Å². The van der Waals surface area contributed by atoms with Crippen LogP contribution in [0.2, 0.25) is 0 Å². The van der Waals surface area contributed by atoms with Crippen molar-refractivity contribution in [3.05, 3.63) is 24.0 Å². The van der Waals surface area contributed by atoms with Gasteiger partial charge in [-0.1, -0.05) is 13.8 Å². The van der Waals surface area contributed by atoms with Gasteiger partial charge in [0.05, 0.1) is 11.7 Å². The van der Waals surface area contributed by atoms with Crippen LogP contribution in [0.1, 0.15) is 40.0 Å². The third-order valence-electron chi connectivity index (χ3n) is 4.39. The Bertz CT molecular complexity index is 557. The van der Waals surface area contributed by atoms with E-state index in [-0.39, 0.29) is 24.3 Å². The maximum Gasteiger partial charge on any atom is 0.319 e. The molecule has 6 heteroatoms. The molecule has 128 valence electrons. The topological polar surface area (TPSA) is 70.6 Å². The van der Waals surface area contributed by atoms with Gasteiger partial charge in [0.15, 0.2) is 11.6 Å². The van der Waals surface area contributed by atoms with E-state index in [1.54, 1.807) is 13.0 Å². The Morgan fingerprint density at radius 1 is 1.48 bits per heavy atom. The summed E-state index contributed by atoms with van der Waals surface area (Å²) >= 11 is 0. The molecule has 5 nitrogen and oxygen atoms in total. The van der Waals surface area contributed by atoms with E-state index in [1.807, 2.05) is 13.8 Å². The van der Waals surface area contributed by atoms with Gasteiger partial charge in [-0.2, -0.15) is 0 Å². The van der Waals surface area contributed by atoms with Crippen molar-refractivity contribution in [2.24, 2.45) is 5.92 Å². The summed E-state index contributed by atoms with van der Waals surface area (Å²) in [5.41, 5.74) is -0.659. The molecule has 1 aliphatic carbocycles. The minimum Gasteiger partial charge on any atom is -0.487 e. The van der Waals surface area contributed by atoms with Crippen LogP contribution in [0, 0.1) is 11.7 Å². The third-order valence-corrected chi connectivity index (χ3v) is 4.39. The number of carbonyl (C=O) groups is 1. The van der Waals surface area contributed by atoms with Crippen molar-refractivity contribution in [1.29, 1.82) is 0 Å². The quantitative estimate of drug-likeness (QED) is 0.752. The van der Waals surface area contributed by atoms with Gasteiger partial charge in [-0.05, 0) is 44.2 Å². The van der Waals surface area contributed by atoms with Crippen LogP contribution in [-0.2, 0) is 0 Å². The van der Waals surface area contributed by atoms with E-state index in [1.165, 1.54) is 12.1 Å². The summed E-state index contributed by atoms with van der Waals surface area (Å²) in [5.74, 6) is -0.282. The Morgan fingerprint density at radius 3 is 2.70 bits per heavy atom. The third kappa shape index (κ3) is 4.82. The van der Waals surface area contributed by atoms with Crippen LogP contribution in [0.5, 0.6) is 5.75 Å². The van der Waals surface area contributed by atoms with Crippen LogP contribution in [0.15, 0.2) is 18.2 Å². The first-order chi connectivity index (χ1) is 10.8. The molecule has 1 aromatic carbocycles. The maximum atomic E-state index is 14.0. The number of aliphatic hydroxyl groups is 1. The SMILES string of the molecule is CC(C)C(C)(O)CNC(=O)Nc1ccc(OC2CCC2)c(F)c1. The van der Waals surface area contributed by atoms with Crippen LogP contribution >= 0.6 is 0 Å². The number of ether oxygens (including phenoxy) is 1. The fourth-order valence-electron chi connectivity index (χ4n) is 1.98. The number of benzene rings is 1. The number of urea groups is 1. The van der Waals surface area contributed by atoms with Crippen molar-refractivity contribution in [2.45, 2.75) is 51.7 Å². The first kappa shape index (κ1) is 17.5. The lowest BCUT2D eigenvalue weighted by atomic mass is 9.93. The van der Waals surface area contributed by atoms with E-state index in [4.69, 9.17) is 4.74 Å². The minimum absolute atomic E-state index is 0.00295. The Labute approximate surface area is 136 Å². The van der Waals surface area contributed by atoms with Crippen molar-refractivity contribution in [2.75, 3.05) is 11.9 Å². The van der Waals surface area contributed by atoms with Crippen molar-refractivity contribution >= 4 is 11.7 Å². The van der Waals surface area contributed by atoms with E-state index < -0.39 is 17.4 Å². The van der Waals surface area contributed by atoms with E-state index >= 15 is 0 Å². The summed E-state index contributed by atoms with van der Waals surface area (Å²) in [7, 11) is 0. The molecule has 2 rings (SSSR count). The molecule has 0 aliphatic heterocycles. The summed E-state index contributed by atoms with van der Waals surface area (Å²) in [5, 5.41) is 15.2. The number of halogens is 1.